The van der Waals surface area contributed by atoms with Crippen molar-refractivity contribution in [1.29, 1.82) is 0 Å². The van der Waals surface area contributed by atoms with Gasteiger partial charge in [-0.25, -0.2) is 0 Å². The summed E-state index contributed by atoms with van der Waals surface area (Å²) >= 11 is 0. The van der Waals surface area contributed by atoms with Crippen molar-refractivity contribution in [1.82, 2.24) is 0 Å². The second-order valence-electron chi connectivity index (χ2n) is 4.17. The molecule has 1 fully saturated rings. The number of hydrogen-bond donors (Lipinski definition) is 1. The molecular weight excluding hydrogens is 136 g/mol. The van der Waals surface area contributed by atoms with E-state index >= 15 is 0 Å². The van der Waals surface area contributed by atoms with E-state index in [-0.39, 0.29) is 6.10 Å². The molecule has 4 atom stereocenters. The first kappa shape index (κ1) is 9.05. The Labute approximate surface area is 69.8 Å². The van der Waals surface area contributed by atoms with Crippen LogP contribution in [0.15, 0.2) is 0 Å². The fourth-order valence-corrected chi connectivity index (χ4v) is 2.30. The van der Waals surface area contributed by atoms with Crippen LogP contribution < -0.4 is 0 Å². The first-order chi connectivity index (χ1) is 5.13. The van der Waals surface area contributed by atoms with Crippen LogP contribution in [-0.2, 0) is 0 Å². The molecule has 66 valence electrons. The number of hydrogen-bond acceptors (Lipinski definition) is 1. The lowest BCUT2D eigenvalue weighted by atomic mass is 9.72. The molecule has 0 saturated heterocycles. The van der Waals surface area contributed by atoms with Gasteiger partial charge in [-0.3, -0.25) is 0 Å². The summed E-state index contributed by atoms with van der Waals surface area (Å²) in [6.07, 6.45) is 3.78. The van der Waals surface area contributed by atoms with Crippen LogP contribution >= 0.6 is 0 Å². The molecule has 1 saturated carbocycles. The van der Waals surface area contributed by atoms with E-state index < -0.39 is 0 Å². The van der Waals surface area contributed by atoms with Gasteiger partial charge in [0.15, 0.2) is 0 Å². The minimum absolute atomic E-state index is 0.104. The maximum atomic E-state index is 9.47. The zero-order chi connectivity index (χ0) is 8.43. The highest BCUT2D eigenvalue weighted by molar-refractivity contribution is 4.79. The van der Waals surface area contributed by atoms with Crippen molar-refractivity contribution in [3.8, 4) is 0 Å². The average molecular weight is 156 g/mol. The highest BCUT2D eigenvalue weighted by Gasteiger charge is 2.29. The maximum absolute atomic E-state index is 9.47. The molecule has 1 aliphatic carbocycles. The van der Waals surface area contributed by atoms with E-state index in [9.17, 15) is 5.11 Å². The second-order valence-corrected chi connectivity index (χ2v) is 4.17. The summed E-state index contributed by atoms with van der Waals surface area (Å²) in [4.78, 5) is 0. The largest absolute Gasteiger partial charge is 0.393 e. The summed E-state index contributed by atoms with van der Waals surface area (Å²) in [6.45, 7) is 6.51. The molecule has 0 aromatic heterocycles. The zero-order valence-corrected chi connectivity index (χ0v) is 7.88. The van der Waals surface area contributed by atoms with Gasteiger partial charge in [0.05, 0.1) is 6.10 Å². The minimum atomic E-state index is -0.104. The van der Waals surface area contributed by atoms with Gasteiger partial charge in [-0.05, 0) is 31.1 Å². The van der Waals surface area contributed by atoms with Gasteiger partial charge in [0.2, 0.25) is 0 Å². The topological polar surface area (TPSA) is 20.2 Å². The average Bonchev–Trinajstić information content (AvgIpc) is 1.94. The number of rotatable bonds is 1. The fraction of sp³-hybridized carbons (Fsp3) is 1.00. The molecule has 0 radical (unpaired) electrons. The first-order valence-corrected chi connectivity index (χ1v) is 4.81. The van der Waals surface area contributed by atoms with Gasteiger partial charge in [0, 0.05) is 0 Å². The third kappa shape index (κ3) is 1.96. The van der Waals surface area contributed by atoms with Crippen LogP contribution in [-0.4, -0.2) is 11.2 Å². The molecule has 0 amide bonds. The van der Waals surface area contributed by atoms with Crippen LogP contribution in [0.4, 0.5) is 0 Å². The van der Waals surface area contributed by atoms with E-state index in [0.29, 0.717) is 11.8 Å². The van der Waals surface area contributed by atoms with Crippen molar-refractivity contribution in [3.05, 3.63) is 0 Å². The molecule has 0 aliphatic heterocycles. The van der Waals surface area contributed by atoms with Crippen molar-refractivity contribution >= 4 is 0 Å². The fourth-order valence-electron chi connectivity index (χ4n) is 2.30. The Kier molecular flexibility index (Phi) is 2.94. The molecule has 0 aromatic rings. The van der Waals surface area contributed by atoms with Crippen LogP contribution in [0, 0.1) is 17.8 Å². The summed E-state index contributed by atoms with van der Waals surface area (Å²) in [7, 11) is 0. The summed E-state index contributed by atoms with van der Waals surface area (Å²) < 4.78 is 0. The zero-order valence-electron chi connectivity index (χ0n) is 7.88. The molecule has 1 rings (SSSR count). The highest BCUT2D eigenvalue weighted by Crippen LogP contribution is 2.35. The van der Waals surface area contributed by atoms with Gasteiger partial charge in [-0.1, -0.05) is 26.7 Å². The molecule has 11 heavy (non-hydrogen) atoms. The maximum Gasteiger partial charge on any atom is 0.0542 e. The number of aliphatic hydroxyl groups excluding tert-OH is 1. The van der Waals surface area contributed by atoms with E-state index in [1.165, 1.54) is 19.3 Å². The predicted molar refractivity (Wildman–Crippen MR) is 47.3 cm³/mol. The monoisotopic (exact) mass is 156 g/mol. The number of aliphatic hydroxyl groups is 1. The second kappa shape index (κ2) is 3.57. The van der Waals surface area contributed by atoms with Crippen molar-refractivity contribution in [3.63, 3.8) is 0 Å². The Morgan fingerprint density at radius 2 is 1.91 bits per heavy atom. The first-order valence-electron chi connectivity index (χ1n) is 4.81. The van der Waals surface area contributed by atoms with Crippen LogP contribution in [0.5, 0.6) is 0 Å². The molecular formula is C10H20O. The van der Waals surface area contributed by atoms with E-state index in [0.717, 1.165) is 5.92 Å². The Morgan fingerprint density at radius 3 is 2.36 bits per heavy atom. The summed E-state index contributed by atoms with van der Waals surface area (Å²) in [5.74, 6) is 2.07. The summed E-state index contributed by atoms with van der Waals surface area (Å²) in [6, 6.07) is 0. The SMILES string of the molecule is CC(O)C1CCCC(C)C1C. The molecule has 1 nitrogen and oxygen atoms in total. The van der Waals surface area contributed by atoms with Crippen molar-refractivity contribution in [2.24, 2.45) is 17.8 Å². The molecule has 0 spiro atoms. The lowest BCUT2D eigenvalue weighted by molar-refractivity contribution is 0.0449. The van der Waals surface area contributed by atoms with Crippen molar-refractivity contribution in [2.45, 2.75) is 46.1 Å². The molecule has 1 N–H and O–H groups in total. The van der Waals surface area contributed by atoms with Gasteiger partial charge in [-0.15, -0.1) is 0 Å². The van der Waals surface area contributed by atoms with Gasteiger partial charge in [0.1, 0.15) is 0 Å². The van der Waals surface area contributed by atoms with E-state index in [1.807, 2.05) is 6.92 Å². The van der Waals surface area contributed by atoms with Crippen LogP contribution in [0.2, 0.25) is 0 Å². The van der Waals surface area contributed by atoms with Crippen LogP contribution in [0.25, 0.3) is 0 Å². The van der Waals surface area contributed by atoms with Crippen LogP contribution in [0.3, 0.4) is 0 Å². The summed E-state index contributed by atoms with van der Waals surface area (Å²) in [5.41, 5.74) is 0. The molecule has 0 aromatic carbocycles. The third-order valence-electron chi connectivity index (χ3n) is 3.39. The lowest BCUT2D eigenvalue weighted by Crippen LogP contribution is -2.31. The Balaban J connectivity index is 2.51. The van der Waals surface area contributed by atoms with Crippen molar-refractivity contribution in [2.75, 3.05) is 0 Å². The van der Waals surface area contributed by atoms with E-state index in [1.54, 1.807) is 0 Å². The molecule has 0 heterocycles. The van der Waals surface area contributed by atoms with Gasteiger partial charge >= 0.3 is 0 Å². The van der Waals surface area contributed by atoms with Crippen LogP contribution in [0.1, 0.15) is 40.0 Å². The van der Waals surface area contributed by atoms with Crippen molar-refractivity contribution < 1.29 is 5.11 Å². The molecule has 0 bridgehead atoms. The van der Waals surface area contributed by atoms with Gasteiger partial charge in [-0.2, -0.15) is 0 Å². The van der Waals surface area contributed by atoms with E-state index in [2.05, 4.69) is 13.8 Å². The summed E-state index contributed by atoms with van der Waals surface area (Å²) in [5, 5.41) is 9.47. The lowest BCUT2D eigenvalue weighted by Gasteiger charge is -2.35. The van der Waals surface area contributed by atoms with Gasteiger partial charge in [0.25, 0.3) is 0 Å². The highest BCUT2D eigenvalue weighted by atomic mass is 16.3. The Morgan fingerprint density at radius 1 is 1.27 bits per heavy atom. The molecule has 4 unspecified atom stereocenters. The smallest absolute Gasteiger partial charge is 0.0542 e. The van der Waals surface area contributed by atoms with Gasteiger partial charge < -0.3 is 5.11 Å². The normalized spacial score (nSPS) is 42.0. The molecule has 1 heteroatoms. The minimum Gasteiger partial charge on any atom is -0.393 e. The predicted octanol–water partition coefficient (Wildman–Crippen LogP) is 2.44. The Bertz CT molecular complexity index is 120. The molecule has 1 aliphatic rings. The van der Waals surface area contributed by atoms with E-state index in [4.69, 9.17) is 0 Å². The standard InChI is InChI=1S/C10H20O/c1-7-5-4-6-10(8(7)2)9(3)11/h7-11H,4-6H2,1-3H3. The third-order valence-corrected chi connectivity index (χ3v) is 3.39. The Hall–Kier alpha value is -0.0400. The quantitative estimate of drug-likeness (QED) is 0.618.